The Hall–Kier alpha value is -2.29. The molecular formula is C20H22O3. The van der Waals surface area contributed by atoms with E-state index in [-0.39, 0.29) is 0 Å². The van der Waals surface area contributed by atoms with Gasteiger partial charge in [-0.25, -0.2) is 4.79 Å². The Morgan fingerprint density at radius 2 is 1.78 bits per heavy atom. The fourth-order valence-corrected chi connectivity index (χ4v) is 3.55. The lowest BCUT2D eigenvalue weighted by Crippen LogP contribution is -2.08. The number of carboxylic acid groups (broad SMARTS) is 1. The van der Waals surface area contributed by atoms with Crippen LogP contribution in [-0.4, -0.2) is 11.3 Å². The number of hydrogen-bond donors (Lipinski definition) is 1. The largest absolute Gasteiger partial charge is 0.511 e. The predicted molar refractivity (Wildman–Crippen MR) is 91.1 cm³/mol. The zero-order valence-electron chi connectivity index (χ0n) is 13.4. The first-order valence-electron chi connectivity index (χ1n) is 8.26. The molecule has 1 fully saturated rings. The Morgan fingerprint density at radius 1 is 1.04 bits per heavy atom. The van der Waals surface area contributed by atoms with E-state index in [1.807, 2.05) is 25.1 Å². The van der Waals surface area contributed by atoms with Gasteiger partial charge in [-0.15, -0.1) is 0 Å². The molecule has 120 valence electrons. The molecule has 0 amide bonds. The lowest BCUT2D eigenvalue weighted by molar-refractivity contribution is 0.144. The molecule has 3 nitrogen and oxygen atoms in total. The third-order valence-electron chi connectivity index (χ3n) is 4.63. The number of ether oxygens (including phenoxy) is 1. The molecule has 0 aliphatic heterocycles. The van der Waals surface area contributed by atoms with Gasteiger partial charge in [-0.1, -0.05) is 55.2 Å². The number of benzene rings is 2. The van der Waals surface area contributed by atoms with Gasteiger partial charge in [0.15, 0.2) is 0 Å². The fourth-order valence-electron chi connectivity index (χ4n) is 3.55. The maximum atomic E-state index is 11.0. The van der Waals surface area contributed by atoms with E-state index in [1.54, 1.807) is 6.07 Å². The maximum Gasteiger partial charge on any atom is 0.511 e. The summed E-state index contributed by atoms with van der Waals surface area (Å²) in [6.07, 6.45) is 4.99. The van der Waals surface area contributed by atoms with E-state index < -0.39 is 6.16 Å². The molecule has 1 aliphatic carbocycles. The van der Waals surface area contributed by atoms with Gasteiger partial charge < -0.3 is 9.84 Å². The molecule has 1 aliphatic rings. The predicted octanol–water partition coefficient (Wildman–Crippen LogP) is 5.77. The van der Waals surface area contributed by atoms with Crippen LogP contribution < -0.4 is 4.74 Å². The van der Waals surface area contributed by atoms with Crippen LogP contribution in [0.3, 0.4) is 0 Å². The van der Waals surface area contributed by atoms with Crippen molar-refractivity contribution < 1.29 is 14.6 Å². The minimum atomic E-state index is -1.27. The summed E-state index contributed by atoms with van der Waals surface area (Å²) >= 11 is 0. The Kier molecular flexibility index (Phi) is 4.65. The molecule has 3 heteroatoms. The highest BCUT2D eigenvalue weighted by atomic mass is 16.7. The number of aryl methyl sites for hydroxylation is 1. The third-order valence-corrected chi connectivity index (χ3v) is 4.63. The average molecular weight is 310 g/mol. The average Bonchev–Trinajstić information content (AvgIpc) is 2.57. The molecule has 2 aromatic carbocycles. The molecule has 0 atom stereocenters. The van der Waals surface area contributed by atoms with Crippen molar-refractivity contribution in [1.82, 2.24) is 0 Å². The Labute approximate surface area is 136 Å². The molecule has 0 radical (unpaired) electrons. The summed E-state index contributed by atoms with van der Waals surface area (Å²) in [7, 11) is 0. The van der Waals surface area contributed by atoms with Crippen LogP contribution in [0.5, 0.6) is 5.75 Å². The van der Waals surface area contributed by atoms with Gasteiger partial charge in [-0.3, -0.25) is 0 Å². The van der Waals surface area contributed by atoms with Crippen molar-refractivity contribution in [2.24, 2.45) is 0 Å². The van der Waals surface area contributed by atoms with Crippen molar-refractivity contribution in [3.63, 3.8) is 0 Å². The number of hydrogen-bond acceptors (Lipinski definition) is 2. The molecule has 0 heterocycles. The Balaban J connectivity index is 2.07. The Bertz CT molecular complexity index is 700. The summed E-state index contributed by atoms with van der Waals surface area (Å²) in [6, 6.07) is 14.0. The summed E-state index contributed by atoms with van der Waals surface area (Å²) in [4.78, 5) is 11.0. The van der Waals surface area contributed by atoms with Crippen molar-refractivity contribution >= 4 is 6.16 Å². The first-order valence-corrected chi connectivity index (χ1v) is 8.26. The number of rotatable bonds is 3. The fraction of sp³-hybridized carbons (Fsp3) is 0.350. The van der Waals surface area contributed by atoms with E-state index >= 15 is 0 Å². The lowest BCUT2D eigenvalue weighted by Gasteiger charge is -2.25. The van der Waals surface area contributed by atoms with Crippen molar-refractivity contribution in [2.75, 3.05) is 0 Å². The van der Waals surface area contributed by atoms with Crippen molar-refractivity contribution in [3.05, 3.63) is 53.6 Å². The summed E-state index contributed by atoms with van der Waals surface area (Å²) < 4.78 is 5.01. The van der Waals surface area contributed by atoms with Crippen molar-refractivity contribution in [3.8, 4) is 16.9 Å². The van der Waals surface area contributed by atoms with Gasteiger partial charge in [0.25, 0.3) is 0 Å². The molecule has 0 saturated heterocycles. The molecule has 0 unspecified atom stereocenters. The van der Waals surface area contributed by atoms with Crippen LogP contribution in [-0.2, 0) is 0 Å². The second-order valence-electron chi connectivity index (χ2n) is 6.29. The standard InChI is InChI=1S/C20H22O3/c1-14-11-12-19(23-20(21)22)18(13-14)17-10-6-5-9-16(17)15-7-3-2-4-8-15/h5-6,9-13,15H,2-4,7-8H2,1H3,(H,21,22). The van der Waals surface area contributed by atoms with Crippen LogP contribution in [0.4, 0.5) is 4.79 Å². The molecule has 2 aromatic rings. The minimum Gasteiger partial charge on any atom is -0.449 e. The minimum absolute atomic E-state index is 0.409. The molecule has 0 bridgehead atoms. The van der Waals surface area contributed by atoms with Crippen LogP contribution in [0.15, 0.2) is 42.5 Å². The summed E-state index contributed by atoms with van der Waals surface area (Å²) in [6.45, 7) is 2.01. The molecule has 1 saturated carbocycles. The number of carbonyl (C=O) groups is 1. The summed E-state index contributed by atoms with van der Waals surface area (Å²) in [5.41, 5.74) is 4.37. The van der Waals surface area contributed by atoms with Crippen LogP contribution in [0, 0.1) is 6.92 Å². The van der Waals surface area contributed by atoms with E-state index in [0.29, 0.717) is 11.7 Å². The summed E-state index contributed by atoms with van der Waals surface area (Å²) in [5, 5.41) is 9.00. The van der Waals surface area contributed by atoms with Gasteiger partial charge in [-0.05, 0) is 48.9 Å². The highest BCUT2D eigenvalue weighted by Crippen LogP contribution is 2.41. The zero-order valence-corrected chi connectivity index (χ0v) is 13.4. The third kappa shape index (κ3) is 3.55. The lowest BCUT2D eigenvalue weighted by atomic mass is 9.80. The van der Waals surface area contributed by atoms with Gasteiger partial charge in [0.2, 0.25) is 0 Å². The second kappa shape index (κ2) is 6.86. The van der Waals surface area contributed by atoms with Gasteiger partial charge in [0.05, 0.1) is 0 Å². The second-order valence-corrected chi connectivity index (χ2v) is 6.29. The van der Waals surface area contributed by atoms with Crippen LogP contribution >= 0.6 is 0 Å². The molecule has 1 N–H and O–H groups in total. The zero-order chi connectivity index (χ0) is 16.2. The van der Waals surface area contributed by atoms with Gasteiger partial charge in [0, 0.05) is 5.56 Å². The molecule has 0 aromatic heterocycles. The first kappa shape index (κ1) is 15.6. The first-order chi connectivity index (χ1) is 11.1. The van der Waals surface area contributed by atoms with Crippen molar-refractivity contribution in [1.29, 1.82) is 0 Å². The van der Waals surface area contributed by atoms with Gasteiger partial charge in [-0.2, -0.15) is 0 Å². The van der Waals surface area contributed by atoms with Crippen molar-refractivity contribution in [2.45, 2.75) is 44.9 Å². The smallest absolute Gasteiger partial charge is 0.449 e. The highest BCUT2D eigenvalue weighted by molar-refractivity contribution is 5.77. The Morgan fingerprint density at radius 3 is 2.52 bits per heavy atom. The normalized spacial score (nSPS) is 15.3. The summed E-state index contributed by atoms with van der Waals surface area (Å²) in [5.74, 6) is 0.962. The molecule has 0 spiro atoms. The quantitative estimate of drug-likeness (QED) is 0.578. The maximum absolute atomic E-state index is 11.0. The molecule has 3 rings (SSSR count). The van der Waals surface area contributed by atoms with Crippen LogP contribution in [0.2, 0.25) is 0 Å². The van der Waals surface area contributed by atoms with E-state index in [0.717, 1.165) is 16.7 Å². The van der Waals surface area contributed by atoms with E-state index in [2.05, 4.69) is 18.2 Å². The SMILES string of the molecule is Cc1ccc(OC(=O)O)c(-c2ccccc2C2CCCCC2)c1. The monoisotopic (exact) mass is 310 g/mol. The van der Waals surface area contributed by atoms with Crippen LogP contribution in [0.25, 0.3) is 11.1 Å². The van der Waals surface area contributed by atoms with E-state index in [4.69, 9.17) is 9.84 Å². The van der Waals surface area contributed by atoms with Gasteiger partial charge >= 0.3 is 6.16 Å². The molecular weight excluding hydrogens is 288 g/mol. The van der Waals surface area contributed by atoms with E-state index in [9.17, 15) is 4.79 Å². The highest BCUT2D eigenvalue weighted by Gasteiger charge is 2.20. The molecule has 23 heavy (non-hydrogen) atoms. The van der Waals surface area contributed by atoms with Crippen LogP contribution in [0.1, 0.15) is 49.1 Å². The topological polar surface area (TPSA) is 46.5 Å². The van der Waals surface area contributed by atoms with Gasteiger partial charge in [0.1, 0.15) is 5.75 Å². The van der Waals surface area contributed by atoms with E-state index in [1.165, 1.54) is 37.7 Å².